The summed E-state index contributed by atoms with van der Waals surface area (Å²) in [6, 6.07) is 11.4. The first-order chi connectivity index (χ1) is 9.09. The number of hydrazone groups is 1. The number of hydrogen-bond acceptors (Lipinski definition) is 3. The SMILES string of the molecule is CN(C)C(=S)N/N=C/c1c(O)ccc2ccccc12. The number of benzene rings is 2. The minimum absolute atomic E-state index is 0.194. The van der Waals surface area contributed by atoms with E-state index in [2.05, 4.69) is 10.5 Å². The van der Waals surface area contributed by atoms with E-state index >= 15 is 0 Å². The van der Waals surface area contributed by atoms with Gasteiger partial charge in [0.15, 0.2) is 5.11 Å². The van der Waals surface area contributed by atoms with Crippen LogP contribution in [0.4, 0.5) is 0 Å². The minimum atomic E-state index is 0.194. The minimum Gasteiger partial charge on any atom is -0.507 e. The molecule has 0 atom stereocenters. The van der Waals surface area contributed by atoms with Gasteiger partial charge in [-0.2, -0.15) is 5.10 Å². The predicted molar refractivity (Wildman–Crippen MR) is 82.6 cm³/mol. The summed E-state index contributed by atoms with van der Waals surface area (Å²) in [5.41, 5.74) is 3.41. The van der Waals surface area contributed by atoms with Gasteiger partial charge in [-0.15, -0.1) is 0 Å². The zero-order chi connectivity index (χ0) is 13.8. The van der Waals surface area contributed by atoms with Crippen LogP contribution < -0.4 is 5.43 Å². The van der Waals surface area contributed by atoms with E-state index in [-0.39, 0.29) is 5.75 Å². The van der Waals surface area contributed by atoms with E-state index in [0.717, 1.165) is 10.8 Å². The van der Waals surface area contributed by atoms with E-state index in [0.29, 0.717) is 10.7 Å². The summed E-state index contributed by atoms with van der Waals surface area (Å²) in [6.45, 7) is 0. The van der Waals surface area contributed by atoms with Gasteiger partial charge in [0.1, 0.15) is 5.75 Å². The maximum Gasteiger partial charge on any atom is 0.189 e. The summed E-state index contributed by atoms with van der Waals surface area (Å²) in [7, 11) is 3.67. The number of aromatic hydroxyl groups is 1. The smallest absolute Gasteiger partial charge is 0.189 e. The maximum atomic E-state index is 9.92. The number of fused-ring (bicyclic) bond motifs is 1. The zero-order valence-corrected chi connectivity index (χ0v) is 11.6. The number of nitrogens with one attached hydrogen (secondary N) is 1. The number of hydrogen-bond donors (Lipinski definition) is 2. The summed E-state index contributed by atoms with van der Waals surface area (Å²) in [5, 5.41) is 16.5. The van der Waals surface area contributed by atoms with Crippen LogP contribution in [0.2, 0.25) is 0 Å². The molecule has 0 heterocycles. The Morgan fingerprint density at radius 3 is 2.74 bits per heavy atom. The van der Waals surface area contributed by atoms with Crippen LogP contribution in [0.25, 0.3) is 10.8 Å². The van der Waals surface area contributed by atoms with E-state index in [9.17, 15) is 5.11 Å². The molecule has 0 bridgehead atoms. The first-order valence-corrected chi connectivity index (χ1v) is 6.21. The zero-order valence-electron chi connectivity index (χ0n) is 10.8. The Balaban J connectivity index is 2.32. The Morgan fingerprint density at radius 2 is 2.00 bits per heavy atom. The van der Waals surface area contributed by atoms with Gasteiger partial charge in [0.2, 0.25) is 0 Å². The Labute approximate surface area is 117 Å². The highest BCUT2D eigenvalue weighted by atomic mass is 32.1. The highest BCUT2D eigenvalue weighted by molar-refractivity contribution is 7.80. The molecule has 0 aliphatic rings. The van der Waals surface area contributed by atoms with Crippen molar-refractivity contribution in [1.82, 2.24) is 10.3 Å². The number of phenols is 1. The molecule has 0 aliphatic heterocycles. The van der Waals surface area contributed by atoms with E-state index in [1.54, 1.807) is 17.2 Å². The Morgan fingerprint density at radius 1 is 1.26 bits per heavy atom. The summed E-state index contributed by atoms with van der Waals surface area (Å²) in [6.07, 6.45) is 1.58. The average Bonchev–Trinajstić information content (AvgIpc) is 2.41. The van der Waals surface area contributed by atoms with Gasteiger partial charge in [-0.25, -0.2) is 0 Å². The van der Waals surface area contributed by atoms with Gasteiger partial charge in [0.05, 0.1) is 6.21 Å². The van der Waals surface area contributed by atoms with Crippen molar-refractivity contribution < 1.29 is 5.11 Å². The highest BCUT2D eigenvalue weighted by Crippen LogP contribution is 2.25. The average molecular weight is 273 g/mol. The molecule has 19 heavy (non-hydrogen) atoms. The van der Waals surface area contributed by atoms with E-state index in [1.165, 1.54) is 0 Å². The van der Waals surface area contributed by atoms with Crippen molar-refractivity contribution in [3.63, 3.8) is 0 Å². The van der Waals surface area contributed by atoms with Crippen molar-refractivity contribution in [3.8, 4) is 5.75 Å². The van der Waals surface area contributed by atoms with E-state index < -0.39 is 0 Å². The van der Waals surface area contributed by atoms with Gasteiger partial charge in [0, 0.05) is 19.7 Å². The van der Waals surface area contributed by atoms with Crippen LogP contribution in [0, 0.1) is 0 Å². The van der Waals surface area contributed by atoms with Gasteiger partial charge in [-0.05, 0) is 29.1 Å². The topological polar surface area (TPSA) is 47.9 Å². The normalized spacial score (nSPS) is 10.8. The standard InChI is InChI=1S/C14H15N3OS/c1-17(2)14(19)16-15-9-12-11-6-4-3-5-10(11)7-8-13(12)18/h3-9,18H,1-2H3,(H,16,19)/b15-9+. The molecule has 0 saturated carbocycles. The van der Waals surface area contributed by atoms with Crippen LogP contribution in [-0.4, -0.2) is 35.4 Å². The molecular weight excluding hydrogens is 258 g/mol. The third kappa shape index (κ3) is 3.00. The quantitative estimate of drug-likeness (QED) is 0.501. The molecule has 0 spiro atoms. The lowest BCUT2D eigenvalue weighted by Gasteiger charge is -2.11. The predicted octanol–water partition coefficient (Wildman–Crippen LogP) is 2.32. The Bertz CT molecular complexity index is 638. The second-order valence-electron chi connectivity index (χ2n) is 4.29. The third-order valence-electron chi connectivity index (χ3n) is 2.71. The molecule has 2 aromatic rings. The fourth-order valence-electron chi connectivity index (χ4n) is 1.67. The molecule has 2 aromatic carbocycles. The van der Waals surface area contributed by atoms with Crippen molar-refractivity contribution in [1.29, 1.82) is 0 Å². The fourth-order valence-corrected chi connectivity index (χ4v) is 1.72. The lowest BCUT2D eigenvalue weighted by Crippen LogP contribution is -2.30. The third-order valence-corrected chi connectivity index (χ3v) is 3.16. The first kappa shape index (κ1) is 13.3. The van der Waals surface area contributed by atoms with Crippen LogP contribution in [-0.2, 0) is 0 Å². The molecule has 0 unspecified atom stereocenters. The van der Waals surface area contributed by atoms with Gasteiger partial charge in [-0.3, -0.25) is 5.43 Å². The molecule has 2 rings (SSSR count). The van der Waals surface area contributed by atoms with Crippen LogP contribution in [0.5, 0.6) is 5.75 Å². The Kier molecular flexibility index (Phi) is 3.97. The maximum absolute atomic E-state index is 9.92. The molecule has 0 saturated heterocycles. The Hall–Kier alpha value is -2.14. The second-order valence-corrected chi connectivity index (χ2v) is 4.68. The fraction of sp³-hybridized carbons (Fsp3) is 0.143. The van der Waals surface area contributed by atoms with Gasteiger partial charge in [-0.1, -0.05) is 30.3 Å². The molecule has 98 valence electrons. The van der Waals surface area contributed by atoms with Gasteiger partial charge >= 0.3 is 0 Å². The van der Waals surface area contributed by atoms with Crippen molar-refractivity contribution in [3.05, 3.63) is 42.0 Å². The molecule has 0 fully saturated rings. The van der Waals surface area contributed by atoms with Crippen LogP contribution in [0.15, 0.2) is 41.5 Å². The molecule has 0 amide bonds. The summed E-state index contributed by atoms with van der Waals surface area (Å²) in [4.78, 5) is 1.75. The molecule has 0 aliphatic carbocycles. The van der Waals surface area contributed by atoms with Crippen molar-refractivity contribution in [2.75, 3.05) is 14.1 Å². The van der Waals surface area contributed by atoms with Crippen LogP contribution in [0.3, 0.4) is 0 Å². The summed E-state index contributed by atoms with van der Waals surface area (Å²) < 4.78 is 0. The highest BCUT2D eigenvalue weighted by Gasteiger charge is 2.04. The molecule has 2 N–H and O–H groups in total. The summed E-state index contributed by atoms with van der Waals surface area (Å²) >= 11 is 5.06. The largest absolute Gasteiger partial charge is 0.507 e. The molecule has 4 nitrogen and oxygen atoms in total. The second kappa shape index (κ2) is 5.67. The molecule has 0 aromatic heterocycles. The van der Waals surface area contributed by atoms with Gasteiger partial charge in [0.25, 0.3) is 0 Å². The molecular formula is C14H15N3OS. The molecule has 5 heteroatoms. The van der Waals surface area contributed by atoms with Crippen molar-refractivity contribution in [2.24, 2.45) is 5.10 Å². The summed E-state index contributed by atoms with van der Waals surface area (Å²) in [5.74, 6) is 0.194. The number of thiocarbonyl (C=S) groups is 1. The van der Waals surface area contributed by atoms with Gasteiger partial charge < -0.3 is 10.0 Å². The lowest BCUT2D eigenvalue weighted by molar-refractivity contribution is 0.475. The van der Waals surface area contributed by atoms with Crippen LogP contribution >= 0.6 is 12.2 Å². The lowest BCUT2D eigenvalue weighted by atomic mass is 10.0. The van der Waals surface area contributed by atoms with Crippen LogP contribution in [0.1, 0.15) is 5.56 Å². The first-order valence-electron chi connectivity index (χ1n) is 5.80. The number of phenolic OH excluding ortho intramolecular Hbond substituents is 1. The van der Waals surface area contributed by atoms with E-state index in [1.807, 2.05) is 44.4 Å². The van der Waals surface area contributed by atoms with E-state index in [4.69, 9.17) is 12.2 Å². The number of nitrogens with zero attached hydrogens (tertiary/aromatic N) is 2. The van der Waals surface area contributed by atoms with Crippen molar-refractivity contribution >= 4 is 34.3 Å². The molecule has 0 radical (unpaired) electrons. The number of rotatable bonds is 2. The van der Waals surface area contributed by atoms with Crippen molar-refractivity contribution in [2.45, 2.75) is 0 Å². The monoisotopic (exact) mass is 273 g/mol.